The molecule has 6 heteroatoms. The molecule has 1 heterocycles. The summed E-state index contributed by atoms with van der Waals surface area (Å²) in [6.07, 6.45) is 1.77. The second-order valence-electron chi connectivity index (χ2n) is 2.86. The van der Waals surface area contributed by atoms with Crippen molar-refractivity contribution in [1.29, 1.82) is 5.26 Å². The van der Waals surface area contributed by atoms with E-state index in [1.54, 1.807) is 0 Å². The summed E-state index contributed by atoms with van der Waals surface area (Å²) in [5.74, 6) is 0.580. The molecular weight excluding hydrogens is 260 g/mol. The van der Waals surface area contributed by atoms with E-state index in [0.717, 1.165) is 0 Å². The fourth-order valence-corrected chi connectivity index (χ4v) is 1.66. The van der Waals surface area contributed by atoms with E-state index < -0.39 is 0 Å². The third-order valence-corrected chi connectivity index (χ3v) is 2.67. The summed E-state index contributed by atoms with van der Waals surface area (Å²) < 4.78 is 0.407. The Labute approximate surface area is 95.9 Å². The average Bonchev–Trinajstić information content (AvgIpc) is 2.25. The highest BCUT2D eigenvalue weighted by Gasteiger charge is 2.11. The second kappa shape index (κ2) is 5.51. The van der Waals surface area contributed by atoms with Gasteiger partial charge in [-0.2, -0.15) is 5.26 Å². The van der Waals surface area contributed by atoms with Gasteiger partial charge in [-0.05, 0) is 22.9 Å². The van der Waals surface area contributed by atoms with Crippen LogP contribution in [-0.2, 0) is 0 Å². The fourth-order valence-electron chi connectivity index (χ4n) is 1.19. The quantitative estimate of drug-likeness (QED) is 0.895. The molecule has 0 unspecified atom stereocenters. The number of nitriles is 1. The van der Waals surface area contributed by atoms with Gasteiger partial charge in [0.2, 0.25) is 0 Å². The van der Waals surface area contributed by atoms with Gasteiger partial charge < -0.3 is 9.88 Å². The van der Waals surface area contributed by atoms with Gasteiger partial charge in [0.25, 0.3) is 5.56 Å². The van der Waals surface area contributed by atoms with Crippen LogP contribution in [0.1, 0.15) is 13.3 Å². The number of anilines is 1. The Hall–Kier alpha value is -1.35. The van der Waals surface area contributed by atoms with Crippen LogP contribution in [0.25, 0.3) is 0 Å². The molecule has 1 aromatic rings. The van der Waals surface area contributed by atoms with E-state index in [-0.39, 0.29) is 5.56 Å². The van der Waals surface area contributed by atoms with Gasteiger partial charge in [-0.25, -0.2) is 4.98 Å². The van der Waals surface area contributed by atoms with E-state index >= 15 is 0 Å². The Morgan fingerprint density at radius 3 is 3.07 bits per heavy atom. The summed E-state index contributed by atoms with van der Waals surface area (Å²) in [7, 11) is 0. The van der Waals surface area contributed by atoms with Crippen molar-refractivity contribution in [1.82, 2.24) is 9.97 Å². The van der Waals surface area contributed by atoms with Crippen LogP contribution in [0, 0.1) is 11.3 Å². The summed E-state index contributed by atoms with van der Waals surface area (Å²) >= 11 is 3.18. The highest BCUT2D eigenvalue weighted by atomic mass is 79.9. The van der Waals surface area contributed by atoms with Crippen LogP contribution < -0.4 is 10.5 Å². The molecule has 0 atom stereocenters. The number of aromatic nitrogens is 2. The SMILES string of the molecule is CCN(CCC#N)c1nc[nH]c(=O)c1Br. The number of H-pyrrole nitrogens is 1. The zero-order chi connectivity index (χ0) is 11.3. The minimum atomic E-state index is -0.213. The van der Waals surface area contributed by atoms with Crippen molar-refractivity contribution >= 4 is 21.7 Å². The molecule has 80 valence electrons. The molecule has 0 saturated carbocycles. The van der Waals surface area contributed by atoms with Crippen LogP contribution in [0.5, 0.6) is 0 Å². The summed E-state index contributed by atoms with van der Waals surface area (Å²) in [4.78, 5) is 19.7. The number of hydrogen-bond donors (Lipinski definition) is 1. The Morgan fingerprint density at radius 2 is 2.47 bits per heavy atom. The van der Waals surface area contributed by atoms with Crippen LogP contribution in [0.3, 0.4) is 0 Å². The van der Waals surface area contributed by atoms with Gasteiger partial charge in [0, 0.05) is 13.1 Å². The fraction of sp³-hybridized carbons (Fsp3) is 0.444. The Bertz CT molecular complexity index is 423. The number of nitrogens with one attached hydrogen (secondary N) is 1. The molecule has 0 spiro atoms. The second-order valence-corrected chi connectivity index (χ2v) is 3.65. The van der Waals surface area contributed by atoms with Gasteiger partial charge in [-0.3, -0.25) is 4.79 Å². The van der Waals surface area contributed by atoms with E-state index in [9.17, 15) is 4.79 Å². The third kappa shape index (κ3) is 2.80. The lowest BCUT2D eigenvalue weighted by Gasteiger charge is -2.20. The van der Waals surface area contributed by atoms with Crippen molar-refractivity contribution in [3.63, 3.8) is 0 Å². The Balaban J connectivity index is 2.97. The van der Waals surface area contributed by atoms with Gasteiger partial charge in [-0.1, -0.05) is 0 Å². The summed E-state index contributed by atoms with van der Waals surface area (Å²) in [6.45, 7) is 3.23. The highest BCUT2D eigenvalue weighted by Crippen LogP contribution is 2.18. The first-order valence-electron chi connectivity index (χ1n) is 4.55. The third-order valence-electron chi connectivity index (χ3n) is 1.95. The topological polar surface area (TPSA) is 72.8 Å². The van der Waals surface area contributed by atoms with Gasteiger partial charge in [-0.15, -0.1) is 0 Å². The molecule has 15 heavy (non-hydrogen) atoms. The molecule has 0 fully saturated rings. The molecule has 0 amide bonds. The molecule has 0 bridgehead atoms. The normalized spacial score (nSPS) is 9.67. The zero-order valence-corrected chi connectivity index (χ0v) is 9.91. The van der Waals surface area contributed by atoms with Crippen molar-refractivity contribution in [3.05, 3.63) is 21.2 Å². The van der Waals surface area contributed by atoms with E-state index in [0.29, 0.717) is 29.8 Å². The smallest absolute Gasteiger partial charge is 0.267 e. The van der Waals surface area contributed by atoms with E-state index in [4.69, 9.17) is 5.26 Å². The van der Waals surface area contributed by atoms with Crippen molar-refractivity contribution in [3.8, 4) is 6.07 Å². The predicted molar refractivity (Wildman–Crippen MR) is 60.7 cm³/mol. The molecule has 1 aromatic heterocycles. The van der Waals surface area contributed by atoms with Crippen molar-refractivity contribution in [2.24, 2.45) is 0 Å². The van der Waals surface area contributed by atoms with Crippen molar-refractivity contribution in [2.45, 2.75) is 13.3 Å². The molecule has 1 rings (SSSR count). The monoisotopic (exact) mass is 270 g/mol. The number of nitrogens with zero attached hydrogens (tertiary/aromatic N) is 3. The van der Waals surface area contributed by atoms with Crippen molar-refractivity contribution in [2.75, 3.05) is 18.0 Å². The van der Waals surface area contributed by atoms with E-state index in [1.165, 1.54) is 6.33 Å². The maximum absolute atomic E-state index is 11.3. The summed E-state index contributed by atoms with van der Waals surface area (Å²) in [5, 5.41) is 8.50. The number of aromatic amines is 1. The first-order chi connectivity index (χ1) is 7.20. The van der Waals surface area contributed by atoms with Crippen LogP contribution in [0.4, 0.5) is 5.82 Å². The first kappa shape index (κ1) is 11.7. The molecule has 1 N–H and O–H groups in total. The number of hydrogen-bond acceptors (Lipinski definition) is 4. The van der Waals surface area contributed by atoms with Crippen molar-refractivity contribution < 1.29 is 0 Å². The number of rotatable bonds is 4. The molecule has 0 aliphatic rings. The summed E-state index contributed by atoms with van der Waals surface area (Å²) in [5.41, 5.74) is -0.213. The van der Waals surface area contributed by atoms with Gasteiger partial charge >= 0.3 is 0 Å². The molecule has 0 radical (unpaired) electrons. The van der Waals surface area contributed by atoms with Crippen LogP contribution in [0.15, 0.2) is 15.6 Å². The standard InChI is InChI=1S/C9H11BrN4O/c1-2-14(5-3-4-11)8-7(10)9(15)13-6-12-8/h6H,2-3,5H2,1H3,(H,12,13,15). The Morgan fingerprint density at radius 1 is 1.73 bits per heavy atom. The lowest BCUT2D eigenvalue weighted by atomic mass is 10.4. The maximum Gasteiger partial charge on any atom is 0.267 e. The van der Waals surface area contributed by atoms with E-state index in [1.807, 2.05) is 11.8 Å². The lowest BCUT2D eigenvalue weighted by molar-refractivity contribution is 0.802. The number of halogens is 1. The predicted octanol–water partition coefficient (Wildman–Crippen LogP) is 1.27. The molecule has 0 aromatic carbocycles. The lowest BCUT2D eigenvalue weighted by Crippen LogP contribution is -2.27. The van der Waals surface area contributed by atoms with Crippen LogP contribution >= 0.6 is 15.9 Å². The largest absolute Gasteiger partial charge is 0.355 e. The molecule has 5 nitrogen and oxygen atoms in total. The molecule has 0 saturated heterocycles. The van der Waals surface area contributed by atoms with Crippen LogP contribution in [-0.4, -0.2) is 23.1 Å². The first-order valence-corrected chi connectivity index (χ1v) is 5.35. The molecule has 0 aliphatic heterocycles. The molecule has 0 aliphatic carbocycles. The van der Waals surface area contributed by atoms with Gasteiger partial charge in [0.1, 0.15) is 10.3 Å². The van der Waals surface area contributed by atoms with Crippen LogP contribution in [0.2, 0.25) is 0 Å². The van der Waals surface area contributed by atoms with Gasteiger partial charge in [0.15, 0.2) is 0 Å². The summed E-state index contributed by atoms with van der Waals surface area (Å²) in [6, 6.07) is 2.07. The maximum atomic E-state index is 11.3. The minimum absolute atomic E-state index is 0.213. The zero-order valence-electron chi connectivity index (χ0n) is 8.33. The highest BCUT2D eigenvalue weighted by molar-refractivity contribution is 9.10. The van der Waals surface area contributed by atoms with Gasteiger partial charge in [0.05, 0.1) is 18.8 Å². The van der Waals surface area contributed by atoms with E-state index in [2.05, 4.69) is 32.0 Å². The molecular formula is C9H11BrN4O. The average molecular weight is 271 g/mol. The Kier molecular flexibility index (Phi) is 4.31. The minimum Gasteiger partial charge on any atom is -0.355 e.